The van der Waals surface area contributed by atoms with Gasteiger partial charge in [0, 0.05) is 64.2 Å². The average Bonchev–Trinajstić information content (AvgIpc) is 3.26. The quantitative estimate of drug-likeness (QED) is 0.793. The van der Waals surface area contributed by atoms with E-state index in [1.54, 1.807) is 0 Å². The van der Waals surface area contributed by atoms with Crippen molar-refractivity contribution in [2.45, 2.75) is 57.5 Å². The van der Waals surface area contributed by atoms with Crippen LogP contribution in [0.15, 0.2) is 6.20 Å². The maximum absolute atomic E-state index is 5.52. The van der Waals surface area contributed by atoms with E-state index in [1.165, 1.54) is 56.3 Å². The van der Waals surface area contributed by atoms with Gasteiger partial charge in [-0.25, -0.2) is 0 Å². The van der Waals surface area contributed by atoms with E-state index in [-0.39, 0.29) is 0 Å². The van der Waals surface area contributed by atoms with Crippen LogP contribution in [-0.2, 0) is 22.6 Å². The molecule has 3 heterocycles. The highest BCUT2D eigenvalue weighted by molar-refractivity contribution is 5.24. The SMILES string of the molecule is COC[C@@H]1CN(CC2CCOCC2)Cc2cn(CC3CCCC3)nc21. The second-order valence-electron chi connectivity index (χ2n) is 8.31. The van der Waals surface area contributed by atoms with Gasteiger partial charge in [-0.1, -0.05) is 12.8 Å². The van der Waals surface area contributed by atoms with Crippen LogP contribution < -0.4 is 0 Å². The summed E-state index contributed by atoms with van der Waals surface area (Å²) < 4.78 is 13.3. The lowest BCUT2D eigenvalue weighted by Gasteiger charge is -2.35. The summed E-state index contributed by atoms with van der Waals surface area (Å²) in [4.78, 5) is 2.63. The molecule has 4 rings (SSSR count). The zero-order valence-corrected chi connectivity index (χ0v) is 15.7. The van der Waals surface area contributed by atoms with Gasteiger partial charge in [0.1, 0.15) is 0 Å². The number of hydrogen-bond acceptors (Lipinski definition) is 4. The van der Waals surface area contributed by atoms with Gasteiger partial charge in [-0.2, -0.15) is 5.10 Å². The third kappa shape index (κ3) is 4.26. The first kappa shape index (κ1) is 17.5. The van der Waals surface area contributed by atoms with Crippen molar-refractivity contribution in [2.24, 2.45) is 11.8 Å². The predicted octanol–water partition coefficient (Wildman–Crippen LogP) is 3.05. The van der Waals surface area contributed by atoms with Crippen LogP contribution in [-0.4, -0.2) is 54.7 Å². The minimum absolute atomic E-state index is 0.415. The van der Waals surface area contributed by atoms with Gasteiger partial charge in [0.15, 0.2) is 0 Å². The van der Waals surface area contributed by atoms with Gasteiger partial charge in [0.25, 0.3) is 0 Å². The Morgan fingerprint density at radius 1 is 1.12 bits per heavy atom. The lowest BCUT2D eigenvalue weighted by Crippen LogP contribution is -2.39. The first-order valence-corrected chi connectivity index (χ1v) is 10.2. The molecule has 0 spiro atoms. The molecule has 0 N–H and O–H groups in total. The lowest BCUT2D eigenvalue weighted by molar-refractivity contribution is 0.0461. The van der Waals surface area contributed by atoms with Crippen molar-refractivity contribution < 1.29 is 9.47 Å². The molecule has 140 valence electrons. The van der Waals surface area contributed by atoms with Crippen molar-refractivity contribution in [1.29, 1.82) is 0 Å². The van der Waals surface area contributed by atoms with Crippen LogP contribution in [0.3, 0.4) is 0 Å². The smallest absolute Gasteiger partial charge is 0.0736 e. The standard InChI is InChI=1S/C20H33N3O2/c1-24-15-19-13-22(10-17-6-8-25-9-7-17)12-18-14-23(21-20(18)19)11-16-4-2-3-5-16/h14,16-17,19H,2-13,15H2,1H3/t19-/m0/s1. The summed E-state index contributed by atoms with van der Waals surface area (Å²) in [5, 5.41) is 4.99. The minimum atomic E-state index is 0.415. The summed E-state index contributed by atoms with van der Waals surface area (Å²) in [6.45, 7) is 7.08. The summed E-state index contributed by atoms with van der Waals surface area (Å²) >= 11 is 0. The molecule has 1 saturated heterocycles. The molecule has 0 unspecified atom stereocenters. The topological polar surface area (TPSA) is 39.5 Å². The summed E-state index contributed by atoms with van der Waals surface area (Å²) in [5.74, 6) is 2.03. The van der Waals surface area contributed by atoms with Gasteiger partial charge >= 0.3 is 0 Å². The summed E-state index contributed by atoms with van der Waals surface area (Å²) in [6.07, 6.45) is 10.3. The van der Waals surface area contributed by atoms with Gasteiger partial charge in [-0.3, -0.25) is 9.58 Å². The molecule has 0 aromatic carbocycles. The largest absolute Gasteiger partial charge is 0.384 e. The molecule has 1 aromatic heterocycles. The Morgan fingerprint density at radius 2 is 1.88 bits per heavy atom. The monoisotopic (exact) mass is 347 g/mol. The van der Waals surface area contributed by atoms with Gasteiger partial charge < -0.3 is 9.47 Å². The fourth-order valence-corrected chi connectivity index (χ4v) is 4.96. The Labute approximate surface area is 151 Å². The van der Waals surface area contributed by atoms with Crippen LogP contribution in [0, 0.1) is 11.8 Å². The lowest BCUT2D eigenvalue weighted by atomic mass is 9.94. The van der Waals surface area contributed by atoms with E-state index < -0.39 is 0 Å². The fourth-order valence-electron chi connectivity index (χ4n) is 4.96. The van der Waals surface area contributed by atoms with E-state index in [1.807, 2.05) is 7.11 Å². The highest BCUT2D eigenvalue weighted by Crippen LogP contribution is 2.31. The third-order valence-electron chi connectivity index (χ3n) is 6.27. The Morgan fingerprint density at radius 3 is 2.64 bits per heavy atom. The maximum Gasteiger partial charge on any atom is 0.0736 e. The Bertz CT molecular complexity index is 547. The summed E-state index contributed by atoms with van der Waals surface area (Å²) in [6, 6.07) is 0. The van der Waals surface area contributed by atoms with Gasteiger partial charge in [-0.15, -0.1) is 0 Å². The minimum Gasteiger partial charge on any atom is -0.384 e. The fraction of sp³-hybridized carbons (Fsp3) is 0.850. The molecule has 2 fully saturated rings. The first-order chi connectivity index (χ1) is 12.3. The molecular weight excluding hydrogens is 314 g/mol. The van der Waals surface area contributed by atoms with Crippen molar-refractivity contribution in [1.82, 2.24) is 14.7 Å². The Hall–Kier alpha value is -0.910. The van der Waals surface area contributed by atoms with Crippen LogP contribution >= 0.6 is 0 Å². The van der Waals surface area contributed by atoms with Gasteiger partial charge in [0.05, 0.1) is 12.3 Å². The van der Waals surface area contributed by atoms with Crippen molar-refractivity contribution in [3.63, 3.8) is 0 Å². The first-order valence-electron chi connectivity index (χ1n) is 10.2. The molecule has 1 atom stereocenters. The van der Waals surface area contributed by atoms with Crippen LogP contribution in [0.4, 0.5) is 0 Å². The number of fused-ring (bicyclic) bond motifs is 1. The molecule has 5 nitrogen and oxygen atoms in total. The van der Waals surface area contributed by atoms with E-state index in [2.05, 4.69) is 15.8 Å². The second-order valence-corrected chi connectivity index (χ2v) is 8.31. The van der Waals surface area contributed by atoms with Crippen LogP contribution in [0.2, 0.25) is 0 Å². The van der Waals surface area contributed by atoms with Gasteiger partial charge in [0.2, 0.25) is 0 Å². The number of rotatable bonds is 6. The van der Waals surface area contributed by atoms with Crippen LogP contribution in [0.25, 0.3) is 0 Å². The van der Waals surface area contributed by atoms with E-state index >= 15 is 0 Å². The number of ether oxygens (including phenoxy) is 2. The van der Waals surface area contributed by atoms with E-state index in [4.69, 9.17) is 14.6 Å². The molecular formula is C20H33N3O2. The van der Waals surface area contributed by atoms with Crippen molar-refractivity contribution in [3.05, 3.63) is 17.5 Å². The summed E-state index contributed by atoms with van der Waals surface area (Å²) in [7, 11) is 1.81. The van der Waals surface area contributed by atoms with Crippen LogP contribution in [0.5, 0.6) is 0 Å². The van der Waals surface area contributed by atoms with Crippen molar-refractivity contribution in [2.75, 3.05) is 40.0 Å². The average molecular weight is 348 g/mol. The molecule has 1 aliphatic carbocycles. The van der Waals surface area contributed by atoms with Crippen molar-refractivity contribution >= 4 is 0 Å². The molecule has 3 aliphatic rings. The van der Waals surface area contributed by atoms with Crippen molar-refractivity contribution in [3.8, 4) is 0 Å². The zero-order valence-electron chi connectivity index (χ0n) is 15.7. The molecule has 0 bridgehead atoms. The van der Waals surface area contributed by atoms with Gasteiger partial charge in [-0.05, 0) is 37.5 Å². The second kappa shape index (κ2) is 8.19. The van der Waals surface area contributed by atoms with Crippen LogP contribution in [0.1, 0.15) is 55.7 Å². The van der Waals surface area contributed by atoms with E-state index in [0.717, 1.165) is 51.3 Å². The Kier molecular flexibility index (Phi) is 5.73. The number of hydrogen-bond donors (Lipinski definition) is 0. The maximum atomic E-state index is 5.52. The van der Waals surface area contributed by atoms with E-state index in [0.29, 0.717) is 5.92 Å². The zero-order chi connectivity index (χ0) is 17.1. The molecule has 25 heavy (non-hydrogen) atoms. The highest BCUT2D eigenvalue weighted by Gasteiger charge is 2.30. The number of nitrogens with zero attached hydrogens (tertiary/aromatic N) is 3. The van der Waals surface area contributed by atoms with E-state index in [9.17, 15) is 0 Å². The Balaban J connectivity index is 1.44. The normalized spacial score (nSPS) is 26.2. The summed E-state index contributed by atoms with van der Waals surface area (Å²) in [5.41, 5.74) is 2.72. The highest BCUT2D eigenvalue weighted by atomic mass is 16.5. The molecule has 1 saturated carbocycles. The number of methoxy groups -OCH3 is 1. The predicted molar refractivity (Wildman–Crippen MR) is 97.6 cm³/mol. The number of aromatic nitrogens is 2. The molecule has 0 radical (unpaired) electrons. The molecule has 1 aromatic rings. The molecule has 2 aliphatic heterocycles. The molecule has 5 heteroatoms. The molecule has 0 amide bonds. The third-order valence-corrected chi connectivity index (χ3v) is 6.27.